The van der Waals surface area contributed by atoms with Crippen LogP contribution < -0.4 is 11.1 Å². The van der Waals surface area contributed by atoms with E-state index in [9.17, 15) is 9.18 Å². The van der Waals surface area contributed by atoms with Crippen molar-refractivity contribution in [1.29, 1.82) is 0 Å². The van der Waals surface area contributed by atoms with Gasteiger partial charge in [-0.05, 0) is 36.8 Å². The number of amides is 1. The summed E-state index contributed by atoms with van der Waals surface area (Å²) in [4.78, 5) is 12.7. The summed E-state index contributed by atoms with van der Waals surface area (Å²) in [6.07, 6.45) is 0. The fraction of sp³-hybridized carbons (Fsp3) is 0.133. The van der Waals surface area contributed by atoms with Crippen molar-refractivity contribution in [2.75, 3.05) is 16.8 Å². The van der Waals surface area contributed by atoms with Crippen molar-refractivity contribution in [2.45, 2.75) is 11.8 Å². The van der Waals surface area contributed by atoms with Gasteiger partial charge in [-0.1, -0.05) is 23.7 Å². The number of hydrogen-bond donors (Lipinski definition) is 2. The van der Waals surface area contributed by atoms with Crippen molar-refractivity contribution < 1.29 is 9.18 Å². The SMILES string of the molecule is Cc1cccc(SCC(=O)Nc2ccc(Cl)cc2F)c1N. The quantitative estimate of drug-likeness (QED) is 0.657. The number of nitrogen functional groups attached to an aromatic ring is 1. The number of rotatable bonds is 4. The van der Waals surface area contributed by atoms with E-state index in [0.717, 1.165) is 16.5 Å². The Morgan fingerprint density at radius 1 is 1.38 bits per heavy atom. The van der Waals surface area contributed by atoms with Crippen LogP contribution in [0.4, 0.5) is 15.8 Å². The molecule has 0 saturated heterocycles. The third-order valence-electron chi connectivity index (χ3n) is 2.85. The minimum absolute atomic E-state index is 0.113. The molecule has 0 aromatic heterocycles. The highest BCUT2D eigenvalue weighted by molar-refractivity contribution is 8.00. The molecular formula is C15H14ClFN2OS. The van der Waals surface area contributed by atoms with Crippen molar-refractivity contribution in [1.82, 2.24) is 0 Å². The molecule has 0 aliphatic carbocycles. The molecule has 3 N–H and O–H groups in total. The van der Waals surface area contributed by atoms with Gasteiger partial charge in [0.25, 0.3) is 0 Å². The van der Waals surface area contributed by atoms with E-state index < -0.39 is 5.82 Å². The number of nitrogens with two attached hydrogens (primary N) is 1. The molecule has 110 valence electrons. The molecule has 0 atom stereocenters. The number of hydrogen-bond acceptors (Lipinski definition) is 3. The van der Waals surface area contributed by atoms with Gasteiger partial charge in [0.05, 0.1) is 11.4 Å². The highest BCUT2D eigenvalue weighted by atomic mass is 35.5. The van der Waals surface area contributed by atoms with E-state index in [4.69, 9.17) is 17.3 Å². The number of aryl methyl sites for hydroxylation is 1. The smallest absolute Gasteiger partial charge is 0.234 e. The van der Waals surface area contributed by atoms with Gasteiger partial charge in [0.2, 0.25) is 5.91 Å². The maximum Gasteiger partial charge on any atom is 0.234 e. The Morgan fingerprint density at radius 3 is 2.86 bits per heavy atom. The highest BCUT2D eigenvalue weighted by Crippen LogP contribution is 2.27. The van der Waals surface area contributed by atoms with E-state index in [1.54, 1.807) is 0 Å². The number of thioether (sulfide) groups is 1. The first-order valence-electron chi connectivity index (χ1n) is 6.20. The van der Waals surface area contributed by atoms with Crippen LogP contribution in [0, 0.1) is 12.7 Å². The van der Waals surface area contributed by atoms with E-state index in [1.165, 1.54) is 23.9 Å². The maximum atomic E-state index is 13.6. The van der Waals surface area contributed by atoms with Gasteiger partial charge in [-0.3, -0.25) is 4.79 Å². The summed E-state index contributed by atoms with van der Waals surface area (Å²) < 4.78 is 13.6. The molecule has 6 heteroatoms. The van der Waals surface area contributed by atoms with Gasteiger partial charge in [0.15, 0.2) is 0 Å². The molecule has 21 heavy (non-hydrogen) atoms. The molecule has 0 bridgehead atoms. The van der Waals surface area contributed by atoms with Crippen LogP contribution in [0.5, 0.6) is 0 Å². The lowest BCUT2D eigenvalue weighted by molar-refractivity contribution is -0.113. The zero-order valence-electron chi connectivity index (χ0n) is 11.3. The second kappa shape index (κ2) is 6.83. The van der Waals surface area contributed by atoms with Crippen LogP contribution in [-0.4, -0.2) is 11.7 Å². The second-order valence-corrected chi connectivity index (χ2v) is 5.90. The Balaban J connectivity index is 1.97. The molecule has 3 nitrogen and oxygen atoms in total. The summed E-state index contributed by atoms with van der Waals surface area (Å²) in [6.45, 7) is 1.91. The van der Waals surface area contributed by atoms with Crippen LogP contribution in [-0.2, 0) is 4.79 Å². The number of carbonyl (C=O) groups excluding carboxylic acids is 1. The molecule has 0 spiro atoms. The van der Waals surface area contributed by atoms with Gasteiger partial charge in [-0.2, -0.15) is 0 Å². The first kappa shape index (κ1) is 15.7. The fourth-order valence-electron chi connectivity index (χ4n) is 1.70. The molecule has 0 aliphatic rings. The second-order valence-electron chi connectivity index (χ2n) is 4.45. The van der Waals surface area contributed by atoms with Gasteiger partial charge in [0, 0.05) is 15.6 Å². The normalized spacial score (nSPS) is 10.4. The molecule has 0 aliphatic heterocycles. The van der Waals surface area contributed by atoms with E-state index >= 15 is 0 Å². The van der Waals surface area contributed by atoms with Crippen LogP contribution in [0.1, 0.15) is 5.56 Å². The molecule has 0 saturated carbocycles. The molecule has 0 radical (unpaired) electrons. The van der Waals surface area contributed by atoms with E-state index in [-0.39, 0.29) is 22.4 Å². The monoisotopic (exact) mass is 324 g/mol. The molecule has 2 aromatic rings. The van der Waals surface area contributed by atoms with Gasteiger partial charge >= 0.3 is 0 Å². The van der Waals surface area contributed by atoms with Crippen LogP contribution in [0.2, 0.25) is 5.02 Å². The minimum Gasteiger partial charge on any atom is -0.398 e. The number of para-hydroxylation sites is 1. The van der Waals surface area contributed by atoms with Crippen molar-refractivity contribution in [3.63, 3.8) is 0 Å². The number of nitrogens with one attached hydrogen (secondary N) is 1. The molecule has 1 amide bonds. The number of anilines is 2. The summed E-state index contributed by atoms with van der Waals surface area (Å²) in [5.74, 6) is -0.714. The van der Waals surface area contributed by atoms with E-state index in [2.05, 4.69) is 5.32 Å². The Labute approximate surface area is 131 Å². The minimum atomic E-state index is -0.559. The summed E-state index contributed by atoms with van der Waals surface area (Å²) in [5.41, 5.74) is 7.67. The predicted octanol–water partition coefficient (Wildman–Crippen LogP) is 4.10. The summed E-state index contributed by atoms with van der Waals surface area (Å²) in [7, 11) is 0. The Kier molecular flexibility index (Phi) is 5.09. The van der Waals surface area contributed by atoms with E-state index in [0.29, 0.717) is 5.69 Å². The summed E-state index contributed by atoms with van der Waals surface area (Å²) >= 11 is 6.97. The van der Waals surface area contributed by atoms with Crippen LogP contribution in [0.3, 0.4) is 0 Å². The predicted molar refractivity (Wildman–Crippen MR) is 86.4 cm³/mol. The first-order chi connectivity index (χ1) is 9.97. The number of halogens is 2. The Hall–Kier alpha value is -1.72. The van der Waals surface area contributed by atoms with Crippen molar-refractivity contribution in [3.05, 3.63) is 52.8 Å². The average Bonchev–Trinajstić information content (AvgIpc) is 2.43. The van der Waals surface area contributed by atoms with Crippen molar-refractivity contribution in [3.8, 4) is 0 Å². The molecule has 0 heterocycles. The van der Waals surface area contributed by atoms with Crippen LogP contribution in [0.15, 0.2) is 41.3 Å². The molecule has 0 fully saturated rings. The molecule has 2 rings (SSSR count). The van der Waals surface area contributed by atoms with Gasteiger partial charge in [-0.15, -0.1) is 11.8 Å². The van der Waals surface area contributed by atoms with Crippen LogP contribution >= 0.6 is 23.4 Å². The first-order valence-corrected chi connectivity index (χ1v) is 7.56. The Bertz CT molecular complexity index is 679. The number of benzene rings is 2. The van der Waals surface area contributed by atoms with Crippen molar-refractivity contribution >= 4 is 40.6 Å². The number of carbonyl (C=O) groups is 1. The third kappa shape index (κ3) is 4.12. The lowest BCUT2D eigenvalue weighted by Crippen LogP contribution is -2.15. The van der Waals surface area contributed by atoms with Crippen LogP contribution in [0.25, 0.3) is 0 Å². The van der Waals surface area contributed by atoms with Gasteiger partial charge < -0.3 is 11.1 Å². The standard InChI is InChI=1S/C15H14ClFN2OS/c1-9-3-2-4-13(15(9)18)21-8-14(20)19-12-6-5-10(16)7-11(12)17/h2-7H,8,18H2,1H3,(H,19,20). The topological polar surface area (TPSA) is 55.1 Å². The average molecular weight is 325 g/mol. The molecule has 2 aromatic carbocycles. The fourth-order valence-corrected chi connectivity index (χ4v) is 2.71. The summed E-state index contributed by atoms with van der Waals surface area (Å²) in [6, 6.07) is 9.74. The van der Waals surface area contributed by atoms with E-state index in [1.807, 2.05) is 25.1 Å². The molecule has 0 unspecified atom stereocenters. The zero-order valence-corrected chi connectivity index (χ0v) is 12.9. The zero-order chi connectivity index (χ0) is 15.4. The summed E-state index contributed by atoms with van der Waals surface area (Å²) in [5, 5.41) is 2.79. The van der Waals surface area contributed by atoms with Crippen molar-refractivity contribution in [2.24, 2.45) is 0 Å². The highest BCUT2D eigenvalue weighted by Gasteiger charge is 2.09. The van der Waals surface area contributed by atoms with Gasteiger partial charge in [0.1, 0.15) is 5.82 Å². The van der Waals surface area contributed by atoms with Gasteiger partial charge in [-0.25, -0.2) is 4.39 Å². The Morgan fingerprint density at radius 2 is 2.14 bits per heavy atom. The largest absolute Gasteiger partial charge is 0.398 e. The third-order valence-corrected chi connectivity index (χ3v) is 4.16. The maximum absolute atomic E-state index is 13.6. The lowest BCUT2D eigenvalue weighted by Gasteiger charge is -2.09. The molecular weight excluding hydrogens is 311 g/mol. The lowest BCUT2D eigenvalue weighted by atomic mass is 10.2.